The lowest BCUT2D eigenvalue weighted by Gasteiger charge is -2.10. The number of nitrogens with zero attached hydrogens (tertiary/aromatic N) is 2. The second kappa shape index (κ2) is 11.4. The van der Waals surface area contributed by atoms with E-state index in [4.69, 9.17) is 0 Å². The lowest BCUT2D eigenvalue weighted by atomic mass is 10.1. The number of nitrogens with one attached hydrogen (secondary N) is 2. The van der Waals surface area contributed by atoms with Crippen LogP contribution in [0.2, 0.25) is 0 Å². The monoisotopic (exact) mass is 420 g/mol. The maximum Gasteiger partial charge on any atom is 0.0722 e. The molecule has 30 heavy (non-hydrogen) atoms. The molecule has 0 unspecified atom stereocenters. The number of anilines is 2. The molecule has 0 radical (unpaired) electrons. The molecule has 4 aromatic rings. The zero-order chi connectivity index (χ0) is 19.7. The Morgan fingerprint density at radius 2 is 0.967 bits per heavy atom. The molecular weight excluding hydrogens is 392 g/mol. The van der Waals surface area contributed by atoms with Crippen LogP contribution in [-0.2, 0) is 0 Å². The minimum Gasteiger partial charge on any atom is -0.384 e. The Morgan fingerprint density at radius 1 is 0.533 bits per heavy atom. The number of aromatic nitrogens is 2. The topological polar surface area (TPSA) is 49.8 Å². The van der Waals surface area contributed by atoms with Crippen LogP contribution in [0.4, 0.5) is 11.4 Å². The number of hydrogen-bond acceptors (Lipinski definition) is 4. The summed E-state index contributed by atoms with van der Waals surface area (Å²) in [5, 5.41) is 9.54. The van der Waals surface area contributed by atoms with Crippen molar-refractivity contribution in [3.05, 3.63) is 73.1 Å². The summed E-state index contributed by atoms with van der Waals surface area (Å²) >= 11 is 0. The number of para-hydroxylation sites is 2. The van der Waals surface area contributed by atoms with E-state index in [-0.39, 0.29) is 12.4 Å². The van der Waals surface area contributed by atoms with Gasteiger partial charge in [0, 0.05) is 47.6 Å². The van der Waals surface area contributed by atoms with Crippen LogP contribution in [0.25, 0.3) is 21.8 Å². The van der Waals surface area contributed by atoms with E-state index in [1.165, 1.54) is 54.3 Å². The minimum atomic E-state index is 0. The minimum absolute atomic E-state index is 0. The molecule has 2 heterocycles. The Balaban J connectivity index is 0.00000256. The van der Waals surface area contributed by atoms with Gasteiger partial charge in [0.1, 0.15) is 0 Å². The van der Waals surface area contributed by atoms with Gasteiger partial charge in [-0.25, -0.2) is 0 Å². The van der Waals surface area contributed by atoms with Gasteiger partial charge in [0.15, 0.2) is 0 Å². The molecule has 0 fully saturated rings. The molecule has 4 nitrogen and oxygen atoms in total. The number of rotatable bonds is 10. The average Bonchev–Trinajstić information content (AvgIpc) is 2.78. The Kier molecular flexibility index (Phi) is 8.28. The third-order valence-corrected chi connectivity index (χ3v) is 5.28. The molecule has 4 rings (SSSR count). The summed E-state index contributed by atoms with van der Waals surface area (Å²) in [6, 6.07) is 20.7. The van der Waals surface area contributed by atoms with Gasteiger partial charge in [-0.15, -0.1) is 12.4 Å². The number of pyridine rings is 2. The Morgan fingerprint density at radius 3 is 1.47 bits per heavy atom. The first-order valence-electron chi connectivity index (χ1n) is 10.6. The fraction of sp³-hybridized carbons (Fsp3) is 0.280. The van der Waals surface area contributed by atoms with E-state index in [1.54, 1.807) is 0 Å². The molecule has 5 heteroatoms. The summed E-state index contributed by atoms with van der Waals surface area (Å²) in [5.41, 5.74) is 4.47. The Labute approximate surface area is 184 Å². The second-order valence-electron chi connectivity index (χ2n) is 7.37. The molecular formula is C25H29ClN4. The Bertz CT molecular complexity index is 971. The average molecular weight is 421 g/mol. The van der Waals surface area contributed by atoms with Crippen LogP contribution in [0.3, 0.4) is 0 Å². The van der Waals surface area contributed by atoms with Gasteiger partial charge in [0.05, 0.1) is 11.0 Å². The highest BCUT2D eigenvalue weighted by atomic mass is 35.5. The molecule has 2 aromatic heterocycles. The first-order valence-corrected chi connectivity index (χ1v) is 10.6. The number of hydrogen-bond donors (Lipinski definition) is 2. The highest BCUT2D eigenvalue weighted by Crippen LogP contribution is 2.22. The summed E-state index contributed by atoms with van der Waals surface area (Å²) in [4.78, 5) is 8.83. The summed E-state index contributed by atoms with van der Waals surface area (Å²) < 4.78 is 0. The van der Waals surface area contributed by atoms with Crippen molar-refractivity contribution in [2.24, 2.45) is 0 Å². The fourth-order valence-electron chi connectivity index (χ4n) is 3.73. The van der Waals surface area contributed by atoms with E-state index in [1.807, 2.05) is 24.5 Å². The van der Waals surface area contributed by atoms with Crippen molar-refractivity contribution in [1.82, 2.24) is 9.97 Å². The van der Waals surface area contributed by atoms with Crippen LogP contribution < -0.4 is 10.6 Å². The van der Waals surface area contributed by atoms with Crippen LogP contribution in [0.5, 0.6) is 0 Å². The predicted molar refractivity (Wildman–Crippen MR) is 131 cm³/mol. The van der Waals surface area contributed by atoms with Gasteiger partial charge in [-0.1, -0.05) is 55.7 Å². The third kappa shape index (κ3) is 5.61. The lowest BCUT2D eigenvalue weighted by Crippen LogP contribution is -2.03. The van der Waals surface area contributed by atoms with Crippen LogP contribution in [0, 0.1) is 0 Å². The summed E-state index contributed by atoms with van der Waals surface area (Å²) in [6.07, 6.45) is 9.94. The lowest BCUT2D eigenvalue weighted by molar-refractivity contribution is 0.635. The standard InChI is InChI=1S/C25H28N4.ClH/c1(2-8-16-26-24-14-18-28-22-12-6-4-10-20(22)24)3-9-17-27-25-15-19-29-23-13-7-5-11-21(23)25;/h4-7,10-15,18-19H,1-3,8-9,16-17H2,(H,26,28)(H,27,29);1H. The van der Waals surface area contributed by atoms with Crippen LogP contribution in [0.1, 0.15) is 32.1 Å². The first kappa shape index (κ1) is 21.8. The molecule has 0 aliphatic rings. The molecule has 0 saturated heterocycles. The van der Waals surface area contributed by atoms with Gasteiger partial charge >= 0.3 is 0 Å². The zero-order valence-electron chi connectivity index (χ0n) is 17.2. The Hall–Kier alpha value is -2.85. The van der Waals surface area contributed by atoms with Crippen molar-refractivity contribution in [3.63, 3.8) is 0 Å². The molecule has 0 atom stereocenters. The zero-order valence-corrected chi connectivity index (χ0v) is 18.0. The van der Waals surface area contributed by atoms with Gasteiger partial charge in [0.25, 0.3) is 0 Å². The summed E-state index contributed by atoms with van der Waals surface area (Å²) in [5.74, 6) is 0. The van der Waals surface area contributed by atoms with Crippen LogP contribution in [-0.4, -0.2) is 23.1 Å². The number of fused-ring (bicyclic) bond motifs is 2. The van der Waals surface area contributed by atoms with Gasteiger partial charge < -0.3 is 10.6 Å². The van der Waals surface area contributed by atoms with Crippen molar-refractivity contribution in [2.45, 2.75) is 32.1 Å². The van der Waals surface area contributed by atoms with E-state index in [2.05, 4.69) is 69.1 Å². The van der Waals surface area contributed by atoms with Crippen molar-refractivity contribution in [3.8, 4) is 0 Å². The van der Waals surface area contributed by atoms with Crippen LogP contribution >= 0.6 is 12.4 Å². The number of benzene rings is 2. The molecule has 2 N–H and O–H groups in total. The summed E-state index contributed by atoms with van der Waals surface area (Å²) in [6.45, 7) is 2.02. The van der Waals surface area contributed by atoms with Crippen molar-refractivity contribution in [2.75, 3.05) is 23.7 Å². The smallest absolute Gasteiger partial charge is 0.0722 e. The number of halogens is 1. The molecule has 0 aliphatic heterocycles. The van der Waals surface area contributed by atoms with Crippen molar-refractivity contribution >= 4 is 45.6 Å². The maximum absolute atomic E-state index is 4.42. The molecule has 2 aromatic carbocycles. The van der Waals surface area contributed by atoms with E-state index in [0.29, 0.717) is 0 Å². The number of unbranched alkanes of at least 4 members (excludes halogenated alkanes) is 4. The highest BCUT2D eigenvalue weighted by molar-refractivity contribution is 5.91. The van der Waals surface area contributed by atoms with Crippen LogP contribution in [0.15, 0.2) is 73.1 Å². The molecule has 0 bridgehead atoms. The second-order valence-corrected chi connectivity index (χ2v) is 7.37. The first-order chi connectivity index (χ1) is 14.4. The predicted octanol–water partition coefficient (Wildman–Crippen LogP) is 6.68. The van der Waals surface area contributed by atoms with Gasteiger partial charge in [-0.3, -0.25) is 9.97 Å². The van der Waals surface area contributed by atoms with Gasteiger partial charge in [-0.2, -0.15) is 0 Å². The van der Waals surface area contributed by atoms with E-state index >= 15 is 0 Å². The van der Waals surface area contributed by atoms with Gasteiger partial charge in [-0.05, 0) is 37.1 Å². The maximum atomic E-state index is 4.42. The molecule has 156 valence electrons. The highest BCUT2D eigenvalue weighted by Gasteiger charge is 2.01. The largest absolute Gasteiger partial charge is 0.384 e. The molecule has 0 aliphatic carbocycles. The van der Waals surface area contributed by atoms with Gasteiger partial charge in [0.2, 0.25) is 0 Å². The summed E-state index contributed by atoms with van der Waals surface area (Å²) in [7, 11) is 0. The quantitative estimate of drug-likeness (QED) is 0.281. The SMILES string of the molecule is Cl.c1ccc2c(NCCCCCCCNc3ccnc4ccccc34)ccnc2c1. The third-order valence-electron chi connectivity index (χ3n) is 5.28. The van der Waals surface area contributed by atoms with Crippen molar-refractivity contribution < 1.29 is 0 Å². The van der Waals surface area contributed by atoms with E-state index in [0.717, 1.165) is 24.1 Å². The molecule has 0 spiro atoms. The molecule has 0 saturated carbocycles. The van der Waals surface area contributed by atoms with Crippen molar-refractivity contribution in [1.29, 1.82) is 0 Å². The normalized spacial score (nSPS) is 10.7. The van der Waals surface area contributed by atoms with E-state index < -0.39 is 0 Å². The molecule has 0 amide bonds. The fourth-order valence-corrected chi connectivity index (χ4v) is 3.73. The van der Waals surface area contributed by atoms with E-state index in [9.17, 15) is 0 Å².